The van der Waals surface area contributed by atoms with Gasteiger partial charge in [-0.2, -0.15) is 0 Å². The van der Waals surface area contributed by atoms with Crippen LogP contribution in [0.2, 0.25) is 5.02 Å². The zero-order chi connectivity index (χ0) is 27.4. The molecule has 1 heterocycles. The quantitative estimate of drug-likeness (QED) is 0.151. The third-order valence-electron chi connectivity index (χ3n) is 5.37. The molecule has 0 spiro atoms. The second-order valence-electron chi connectivity index (χ2n) is 7.88. The molecule has 3 aromatic rings. The summed E-state index contributed by atoms with van der Waals surface area (Å²) in [6.07, 6.45) is 1.54. The van der Waals surface area contributed by atoms with Crippen LogP contribution in [0.15, 0.2) is 64.0 Å². The summed E-state index contributed by atoms with van der Waals surface area (Å²) in [6, 6.07) is 13.5. The fraction of sp³-hybridized carbons (Fsp3) is 0.148. The zero-order valence-electron chi connectivity index (χ0n) is 20.1. The van der Waals surface area contributed by atoms with Gasteiger partial charge in [0.2, 0.25) is 0 Å². The molecule has 0 N–H and O–H groups in total. The predicted octanol–water partition coefficient (Wildman–Crippen LogP) is 7.10. The average molecular weight is 621 g/mol. The van der Waals surface area contributed by atoms with Gasteiger partial charge in [0.15, 0.2) is 11.5 Å². The van der Waals surface area contributed by atoms with E-state index in [1.54, 1.807) is 49.4 Å². The fourth-order valence-electron chi connectivity index (χ4n) is 3.52. The molecule has 4 rings (SSSR count). The van der Waals surface area contributed by atoms with Crippen molar-refractivity contribution in [3.05, 3.63) is 91.5 Å². The van der Waals surface area contributed by atoms with Crippen LogP contribution in [-0.2, 0) is 11.3 Å². The van der Waals surface area contributed by atoms with Crippen LogP contribution in [0.1, 0.15) is 28.4 Å². The molecule has 0 unspecified atom stereocenters. The molecule has 0 bridgehead atoms. The maximum atomic E-state index is 13.4. The molecule has 1 aliphatic heterocycles. The first kappa shape index (κ1) is 27.7. The number of halogens is 3. The fourth-order valence-corrected chi connectivity index (χ4v) is 5.13. The van der Waals surface area contributed by atoms with Crippen molar-refractivity contribution in [2.75, 3.05) is 13.7 Å². The number of thioether (sulfide) groups is 1. The highest BCUT2D eigenvalue weighted by molar-refractivity contribution is 9.10. The molecule has 1 fully saturated rings. The van der Waals surface area contributed by atoms with Crippen LogP contribution >= 0.6 is 39.3 Å². The van der Waals surface area contributed by atoms with E-state index in [1.165, 1.54) is 19.2 Å². The maximum absolute atomic E-state index is 13.4. The van der Waals surface area contributed by atoms with Gasteiger partial charge in [0, 0.05) is 5.02 Å². The third-order valence-corrected chi connectivity index (χ3v) is 7.22. The molecule has 0 saturated carbocycles. The molecule has 38 heavy (non-hydrogen) atoms. The molecule has 7 nitrogen and oxygen atoms in total. The number of hydrogen-bond donors (Lipinski definition) is 0. The van der Waals surface area contributed by atoms with Gasteiger partial charge in [-0.3, -0.25) is 14.5 Å². The number of ether oxygens (including phenoxy) is 3. The largest absolute Gasteiger partial charge is 0.497 e. The first-order valence-electron chi connectivity index (χ1n) is 11.2. The summed E-state index contributed by atoms with van der Waals surface area (Å²) in [4.78, 5) is 39.5. The van der Waals surface area contributed by atoms with Gasteiger partial charge >= 0.3 is 5.97 Å². The summed E-state index contributed by atoms with van der Waals surface area (Å²) in [5.41, 5.74) is 1.30. The first-order valence-corrected chi connectivity index (χ1v) is 13.2. The Morgan fingerprint density at radius 3 is 2.53 bits per heavy atom. The molecule has 11 heteroatoms. The van der Waals surface area contributed by atoms with Crippen LogP contribution in [0.3, 0.4) is 0 Å². The summed E-state index contributed by atoms with van der Waals surface area (Å²) in [6.45, 7) is 1.98. The third kappa shape index (κ3) is 6.20. The molecule has 0 aliphatic carbocycles. The smallest absolute Gasteiger partial charge is 0.343 e. The van der Waals surface area contributed by atoms with E-state index < -0.39 is 22.9 Å². The van der Waals surface area contributed by atoms with E-state index in [-0.39, 0.29) is 34.6 Å². The first-order chi connectivity index (χ1) is 18.2. The average Bonchev–Trinajstić information content (AvgIpc) is 3.14. The zero-order valence-corrected chi connectivity index (χ0v) is 23.3. The molecule has 196 valence electrons. The summed E-state index contributed by atoms with van der Waals surface area (Å²) >= 11 is 10.3. The Hall–Kier alpha value is -3.34. The van der Waals surface area contributed by atoms with Gasteiger partial charge in [-0.05, 0) is 100 Å². The Balaban J connectivity index is 1.57. The highest BCUT2D eigenvalue weighted by atomic mass is 79.9. The molecule has 0 aromatic heterocycles. The van der Waals surface area contributed by atoms with E-state index in [2.05, 4.69) is 15.9 Å². The Labute approximate surface area is 235 Å². The Kier molecular flexibility index (Phi) is 8.76. The molecule has 0 radical (unpaired) electrons. The van der Waals surface area contributed by atoms with Gasteiger partial charge in [-0.25, -0.2) is 9.18 Å². The summed E-state index contributed by atoms with van der Waals surface area (Å²) in [5, 5.41) is -0.353. The summed E-state index contributed by atoms with van der Waals surface area (Å²) in [7, 11) is 1.53. The molecular formula is C27H20BrClFNO6S. The van der Waals surface area contributed by atoms with Crippen LogP contribution in [0.25, 0.3) is 6.08 Å². The molecule has 1 saturated heterocycles. The molecule has 1 aliphatic rings. The van der Waals surface area contributed by atoms with Crippen molar-refractivity contribution in [3.8, 4) is 17.2 Å². The minimum atomic E-state index is -0.595. The summed E-state index contributed by atoms with van der Waals surface area (Å²) in [5.74, 6) is -0.572. The number of hydrogen-bond acceptors (Lipinski definition) is 7. The maximum Gasteiger partial charge on any atom is 0.343 e. The SMILES string of the molecule is CCOc1cc(/C=C2\SC(=O)N(Cc3ccc(F)cc3Cl)C2=O)cc(Br)c1OC(=O)c1ccc(OC)cc1. The monoisotopic (exact) mass is 619 g/mol. The van der Waals surface area contributed by atoms with Crippen molar-refractivity contribution in [1.29, 1.82) is 0 Å². The highest BCUT2D eigenvalue weighted by Gasteiger charge is 2.35. The van der Waals surface area contributed by atoms with Crippen LogP contribution < -0.4 is 14.2 Å². The summed E-state index contributed by atoms with van der Waals surface area (Å²) < 4.78 is 30.2. The second kappa shape index (κ2) is 12.0. The highest BCUT2D eigenvalue weighted by Crippen LogP contribution is 2.40. The van der Waals surface area contributed by atoms with Crippen molar-refractivity contribution in [2.45, 2.75) is 13.5 Å². The number of nitrogens with zero attached hydrogens (tertiary/aromatic N) is 1. The lowest BCUT2D eigenvalue weighted by Crippen LogP contribution is -2.27. The second-order valence-corrected chi connectivity index (χ2v) is 10.1. The van der Waals surface area contributed by atoms with E-state index in [1.807, 2.05) is 0 Å². The van der Waals surface area contributed by atoms with E-state index in [0.717, 1.165) is 22.7 Å². The number of carbonyl (C=O) groups excluding carboxylic acids is 3. The lowest BCUT2D eigenvalue weighted by atomic mass is 10.1. The van der Waals surface area contributed by atoms with Crippen molar-refractivity contribution in [1.82, 2.24) is 4.90 Å². The van der Waals surface area contributed by atoms with Gasteiger partial charge < -0.3 is 14.2 Å². The number of benzene rings is 3. The normalized spacial score (nSPS) is 14.2. The minimum Gasteiger partial charge on any atom is -0.497 e. The van der Waals surface area contributed by atoms with Crippen LogP contribution in [0.4, 0.5) is 9.18 Å². The van der Waals surface area contributed by atoms with Crippen molar-refractivity contribution in [2.24, 2.45) is 0 Å². The van der Waals surface area contributed by atoms with Crippen LogP contribution in [-0.4, -0.2) is 35.7 Å². The van der Waals surface area contributed by atoms with Gasteiger partial charge in [0.1, 0.15) is 11.6 Å². The van der Waals surface area contributed by atoms with Crippen molar-refractivity contribution >= 4 is 62.5 Å². The molecular weight excluding hydrogens is 601 g/mol. The number of rotatable bonds is 8. The topological polar surface area (TPSA) is 82.1 Å². The molecule has 2 amide bonds. The van der Waals surface area contributed by atoms with Gasteiger partial charge in [-0.1, -0.05) is 17.7 Å². The lowest BCUT2D eigenvalue weighted by molar-refractivity contribution is -0.123. The van der Waals surface area contributed by atoms with Crippen molar-refractivity contribution in [3.63, 3.8) is 0 Å². The van der Waals surface area contributed by atoms with Crippen LogP contribution in [0.5, 0.6) is 17.2 Å². The van der Waals surface area contributed by atoms with Crippen LogP contribution in [0, 0.1) is 5.82 Å². The minimum absolute atomic E-state index is 0.0880. The van der Waals surface area contributed by atoms with Gasteiger partial charge in [0.05, 0.1) is 35.2 Å². The molecule has 0 atom stereocenters. The van der Waals surface area contributed by atoms with E-state index in [9.17, 15) is 18.8 Å². The number of methoxy groups -OCH3 is 1. The van der Waals surface area contributed by atoms with E-state index >= 15 is 0 Å². The van der Waals surface area contributed by atoms with Gasteiger partial charge in [0.25, 0.3) is 11.1 Å². The number of imide groups is 1. The van der Waals surface area contributed by atoms with Gasteiger partial charge in [-0.15, -0.1) is 0 Å². The van der Waals surface area contributed by atoms with Crippen molar-refractivity contribution < 1.29 is 33.0 Å². The number of esters is 1. The Bertz CT molecular complexity index is 1450. The van der Waals surface area contributed by atoms with E-state index in [0.29, 0.717) is 26.9 Å². The van der Waals surface area contributed by atoms with E-state index in [4.69, 9.17) is 25.8 Å². The number of carbonyl (C=O) groups is 3. The predicted molar refractivity (Wildman–Crippen MR) is 146 cm³/mol. The standard InChI is InChI=1S/C27H20BrClFNO6S/c1-3-36-22-11-15(10-20(28)24(22)37-26(33)16-5-8-19(35-2)9-6-16)12-23-25(32)31(27(34)38-23)14-17-4-7-18(30)13-21(17)29/h4-13H,3,14H2,1-2H3/b23-12-. The Morgan fingerprint density at radius 2 is 1.87 bits per heavy atom. The number of amides is 2. The molecule has 3 aromatic carbocycles. The Morgan fingerprint density at radius 1 is 1.13 bits per heavy atom. The lowest BCUT2D eigenvalue weighted by Gasteiger charge is -2.14.